The van der Waals surface area contributed by atoms with E-state index < -0.39 is 0 Å². The zero-order valence-electron chi connectivity index (χ0n) is 10.4. The van der Waals surface area contributed by atoms with Crippen molar-refractivity contribution in [2.45, 2.75) is 19.4 Å². The molecule has 2 aliphatic rings. The van der Waals surface area contributed by atoms with Crippen LogP contribution < -0.4 is 0 Å². The summed E-state index contributed by atoms with van der Waals surface area (Å²) in [5, 5.41) is 0. The Kier molecular flexibility index (Phi) is 2.93. The SMILES string of the molecule is O=C1[C@@H]2CC=CC[C@H]2C(=O)N1Cc1ccccc1F. The van der Waals surface area contributed by atoms with E-state index in [1.54, 1.807) is 18.2 Å². The lowest BCUT2D eigenvalue weighted by Crippen LogP contribution is -2.30. The number of carbonyl (C=O) groups excluding carboxylic acids is 2. The van der Waals surface area contributed by atoms with Crippen LogP contribution in [0.15, 0.2) is 36.4 Å². The number of imide groups is 1. The first-order chi connectivity index (χ1) is 9.18. The van der Waals surface area contributed by atoms with E-state index in [-0.39, 0.29) is 36.0 Å². The number of allylic oxidation sites excluding steroid dienone is 2. The first-order valence-electron chi connectivity index (χ1n) is 6.42. The van der Waals surface area contributed by atoms with Crippen molar-refractivity contribution in [2.75, 3.05) is 0 Å². The molecular formula is C15H14FNO2. The highest BCUT2D eigenvalue weighted by atomic mass is 19.1. The summed E-state index contributed by atoms with van der Waals surface area (Å²) in [6.45, 7) is 0.0390. The van der Waals surface area contributed by atoms with E-state index in [9.17, 15) is 14.0 Å². The Morgan fingerprint density at radius 2 is 1.63 bits per heavy atom. The van der Waals surface area contributed by atoms with Crippen LogP contribution in [0.3, 0.4) is 0 Å². The van der Waals surface area contributed by atoms with Crippen molar-refractivity contribution >= 4 is 11.8 Å². The number of hydrogen-bond donors (Lipinski definition) is 0. The lowest BCUT2D eigenvalue weighted by Gasteiger charge is -2.15. The molecule has 4 heteroatoms. The minimum absolute atomic E-state index is 0.0390. The zero-order chi connectivity index (χ0) is 13.4. The van der Waals surface area contributed by atoms with Crippen LogP contribution >= 0.6 is 0 Å². The molecule has 1 aliphatic heterocycles. The molecule has 1 fully saturated rings. The summed E-state index contributed by atoms with van der Waals surface area (Å²) >= 11 is 0. The highest BCUT2D eigenvalue weighted by Crippen LogP contribution is 2.35. The molecule has 0 unspecified atom stereocenters. The molecule has 0 spiro atoms. The molecule has 0 saturated carbocycles. The van der Waals surface area contributed by atoms with Gasteiger partial charge < -0.3 is 0 Å². The van der Waals surface area contributed by atoms with E-state index in [0.717, 1.165) is 0 Å². The third kappa shape index (κ3) is 1.97. The van der Waals surface area contributed by atoms with Gasteiger partial charge in [0, 0.05) is 5.56 Å². The molecule has 2 atom stereocenters. The molecule has 0 aromatic heterocycles. The van der Waals surface area contributed by atoms with Gasteiger partial charge in [-0.1, -0.05) is 30.4 Å². The van der Waals surface area contributed by atoms with Gasteiger partial charge in [-0.2, -0.15) is 0 Å². The smallest absolute Gasteiger partial charge is 0.233 e. The fourth-order valence-electron chi connectivity index (χ4n) is 2.82. The van der Waals surface area contributed by atoms with Gasteiger partial charge in [0.1, 0.15) is 5.82 Å². The number of halogens is 1. The van der Waals surface area contributed by atoms with Gasteiger partial charge in [-0.15, -0.1) is 0 Å². The summed E-state index contributed by atoms with van der Waals surface area (Å²) in [6, 6.07) is 6.25. The molecule has 0 bridgehead atoms. The van der Waals surface area contributed by atoms with Crippen LogP contribution in [-0.4, -0.2) is 16.7 Å². The summed E-state index contributed by atoms with van der Waals surface area (Å²) < 4.78 is 13.6. The zero-order valence-corrected chi connectivity index (χ0v) is 10.4. The molecular weight excluding hydrogens is 245 g/mol. The Bertz CT molecular complexity index is 541. The Balaban J connectivity index is 1.85. The van der Waals surface area contributed by atoms with E-state index in [4.69, 9.17) is 0 Å². The van der Waals surface area contributed by atoms with Gasteiger partial charge in [-0.3, -0.25) is 14.5 Å². The van der Waals surface area contributed by atoms with E-state index in [0.29, 0.717) is 18.4 Å². The van der Waals surface area contributed by atoms with Crippen LogP contribution in [0.4, 0.5) is 4.39 Å². The molecule has 1 heterocycles. The molecule has 1 aliphatic carbocycles. The summed E-state index contributed by atoms with van der Waals surface area (Å²) in [5.74, 6) is -1.20. The van der Waals surface area contributed by atoms with Crippen molar-refractivity contribution in [2.24, 2.45) is 11.8 Å². The Morgan fingerprint density at radius 3 is 2.21 bits per heavy atom. The van der Waals surface area contributed by atoms with Crippen molar-refractivity contribution in [1.29, 1.82) is 0 Å². The van der Waals surface area contributed by atoms with Crippen LogP contribution in [0.1, 0.15) is 18.4 Å². The fraction of sp³-hybridized carbons (Fsp3) is 0.333. The van der Waals surface area contributed by atoms with E-state index in [1.807, 2.05) is 12.2 Å². The number of hydrogen-bond acceptors (Lipinski definition) is 2. The standard InChI is InChI=1S/C15H14FNO2/c16-13-8-4-1-5-10(13)9-17-14(18)11-6-2-3-7-12(11)15(17)19/h1-5,8,11-12H,6-7,9H2/t11-,12-/m1/s1. The van der Waals surface area contributed by atoms with Crippen molar-refractivity contribution in [3.8, 4) is 0 Å². The second-order valence-electron chi connectivity index (χ2n) is 5.01. The molecule has 19 heavy (non-hydrogen) atoms. The first-order valence-corrected chi connectivity index (χ1v) is 6.42. The monoisotopic (exact) mass is 259 g/mol. The van der Waals surface area contributed by atoms with Gasteiger partial charge >= 0.3 is 0 Å². The second kappa shape index (κ2) is 4.61. The number of amides is 2. The van der Waals surface area contributed by atoms with Gasteiger partial charge in [0.15, 0.2) is 0 Å². The average molecular weight is 259 g/mol. The number of likely N-dealkylation sites (tertiary alicyclic amines) is 1. The Hall–Kier alpha value is -1.97. The number of nitrogens with zero attached hydrogens (tertiary/aromatic N) is 1. The summed E-state index contributed by atoms with van der Waals surface area (Å²) in [6.07, 6.45) is 5.11. The van der Waals surface area contributed by atoms with Crippen molar-refractivity contribution < 1.29 is 14.0 Å². The molecule has 0 radical (unpaired) electrons. The van der Waals surface area contributed by atoms with Gasteiger partial charge in [0.25, 0.3) is 0 Å². The third-order valence-corrected chi connectivity index (χ3v) is 3.89. The van der Waals surface area contributed by atoms with Crippen LogP contribution in [0.25, 0.3) is 0 Å². The largest absolute Gasteiger partial charge is 0.277 e. The van der Waals surface area contributed by atoms with Crippen LogP contribution in [0.5, 0.6) is 0 Å². The summed E-state index contributed by atoms with van der Waals surface area (Å²) in [7, 11) is 0. The van der Waals surface area contributed by atoms with Crippen molar-refractivity contribution in [1.82, 2.24) is 4.90 Å². The topological polar surface area (TPSA) is 37.4 Å². The maximum absolute atomic E-state index is 13.6. The van der Waals surface area contributed by atoms with Gasteiger partial charge in [-0.25, -0.2) is 4.39 Å². The van der Waals surface area contributed by atoms with Crippen LogP contribution in [-0.2, 0) is 16.1 Å². The molecule has 3 nitrogen and oxygen atoms in total. The number of fused-ring (bicyclic) bond motifs is 1. The van der Waals surface area contributed by atoms with Gasteiger partial charge in [-0.05, 0) is 18.9 Å². The minimum atomic E-state index is -0.379. The first kappa shape index (κ1) is 12.1. The molecule has 3 rings (SSSR count). The Labute approximate surface area is 110 Å². The Morgan fingerprint density at radius 1 is 1.05 bits per heavy atom. The van der Waals surface area contributed by atoms with Crippen molar-refractivity contribution in [3.05, 3.63) is 47.8 Å². The molecule has 2 amide bonds. The number of benzene rings is 1. The maximum Gasteiger partial charge on any atom is 0.233 e. The number of rotatable bonds is 2. The van der Waals surface area contributed by atoms with Gasteiger partial charge in [0.05, 0.1) is 18.4 Å². The fourth-order valence-corrected chi connectivity index (χ4v) is 2.82. The lowest BCUT2D eigenvalue weighted by molar-refractivity contribution is -0.140. The highest BCUT2D eigenvalue weighted by Gasteiger charge is 2.47. The third-order valence-electron chi connectivity index (χ3n) is 3.89. The highest BCUT2D eigenvalue weighted by molar-refractivity contribution is 6.05. The van der Waals surface area contributed by atoms with E-state index in [1.165, 1.54) is 11.0 Å². The minimum Gasteiger partial charge on any atom is -0.277 e. The quantitative estimate of drug-likeness (QED) is 0.603. The molecule has 1 aromatic carbocycles. The second-order valence-corrected chi connectivity index (χ2v) is 5.01. The summed E-state index contributed by atoms with van der Waals surface area (Å²) in [4.78, 5) is 25.6. The van der Waals surface area contributed by atoms with E-state index >= 15 is 0 Å². The summed E-state index contributed by atoms with van der Waals surface area (Å²) in [5.41, 5.74) is 0.385. The van der Waals surface area contributed by atoms with Gasteiger partial charge in [0.2, 0.25) is 11.8 Å². The number of carbonyl (C=O) groups is 2. The normalized spacial score (nSPS) is 25.8. The molecule has 98 valence electrons. The van der Waals surface area contributed by atoms with Crippen molar-refractivity contribution in [3.63, 3.8) is 0 Å². The molecule has 0 N–H and O–H groups in total. The van der Waals surface area contributed by atoms with E-state index in [2.05, 4.69) is 0 Å². The molecule has 1 saturated heterocycles. The maximum atomic E-state index is 13.6. The van der Waals surface area contributed by atoms with Crippen LogP contribution in [0, 0.1) is 17.7 Å². The lowest BCUT2D eigenvalue weighted by atomic mass is 9.85. The predicted octanol–water partition coefficient (Wildman–Crippen LogP) is 2.28. The molecule has 1 aromatic rings. The average Bonchev–Trinajstić information content (AvgIpc) is 2.67. The van der Waals surface area contributed by atoms with Crippen LogP contribution in [0.2, 0.25) is 0 Å². The predicted molar refractivity (Wildman–Crippen MR) is 67.3 cm³/mol.